The van der Waals surface area contributed by atoms with Crippen LogP contribution in [0.15, 0.2) is 4.52 Å². The van der Waals surface area contributed by atoms with E-state index in [2.05, 4.69) is 42.9 Å². The van der Waals surface area contributed by atoms with Gasteiger partial charge >= 0.3 is 0 Å². The van der Waals surface area contributed by atoms with Crippen LogP contribution < -0.4 is 0 Å². The molecule has 1 aromatic rings. The molecule has 0 aromatic carbocycles. The van der Waals surface area contributed by atoms with Crippen molar-refractivity contribution >= 4 is 0 Å². The fraction of sp³-hybridized carbons (Fsp3) is 0.846. The summed E-state index contributed by atoms with van der Waals surface area (Å²) in [5.74, 6) is 3.03. The van der Waals surface area contributed by atoms with Crippen LogP contribution in [0.2, 0.25) is 0 Å². The summed E-state index contributed by atoms with van der Waals surface area (Å²) >= 11 is 0. The maximum absolute atomic E-state index is 5.28. The van der Waals surface area contributed by atoms with Gasteiger partial charge in [-0.05, 0) is 38.6 Å². The molecule has 0 N–H and O–H groups in total. The minimum Gasteiger partial charge on any atom is -0.338 e. The second kappa shape index (κ2) is 5.17. The number of hydrogen-bond donors (Lipinski definition) is 0. The molecule has 1 unspecified atom stereocenters. The molecule has 0 bridgehead atoms. The summed E-state index contributed by atoms with van der Waals surface area (Å²) in [6, 6.07) is 0.621. The van der Waals surface area contributed by atoms with Crippen molar-refractivity contribution in [3.05, 3.63) is 11.7 Å². The van der Waals surface area contributed by atoms with Gasteiger partial charge in [-0.3, -0.25) is 4.90 Å². The maximum Gasteiger partial charge on any atom is 0.240 e. The van der Waals surface area contributed by atoms with Gasteiger partial charge in [-0.15, -0.1) is 0 Å². The third kappa shape index (κ3) is 3.53. The zero-order valence-corrected chi connectivity index (χ0v) is 11.3. The summed E-state index contributed by atoms with van der Waals surface area (Å²) in [5, 5.41) is 4.02. The Bertz CT molecular complexity index is 357. The van der Waals surface area contributed by atoms with Crippen LogP contribution in [0.1, 0.15) is 45.3 Å². The number of hydrogen-bond acceptors (Lipinski definition) is 4. The van der Waals surface area contributed by atoms with Crippen molar-refractivity contribution < 1.29 is 4.52 Å². The Kier molecular flexibility index (Phi) is 3.82. The molecule has 17 heavy (non-hydrogen) atoms. The SMILES string of the molecule is CC(C)Cc1noc(CN(C)C(C)C2CC2)n1. The van der Waals surface area contributed by atoms with Crippen molar-refractivity contribution in [2.24, 2.45) is 11.8 Å². The van der Waals surface area contributed by atoms with E-state index in [1.165, 1.54) is 12.8 Å². The van der Waals surface area contributed by atoms with Gasteiger partial charge in [0.15, 0.2) is 5.82 Å². The van der Waals surface area contributed by atoms with Crippen molar-refractivity contribution in [3.63, 3.8) is 0 Å². The third-order valence-corrected chi connectivity index (χ3v) is 3.49. The molecule has 0 saturated heterocycles. The lowest BCUT2D eigenvalue weighted by Gasteiger charge is -2.22. The lowest BCUT2D eigenvalue weighted by molar-refractivity contribution is 0.197. The summed E-state index contributed by atoms with van der Waals surface area (Å²) in [6.07, 6.45) is 3.63. The highest BCUT2D eigenvalue weighted by molar-refractivity contribution is 4.90. The average molecular weight is 237 g/mol. The summed E-state index contributed by atoms with van der Waals surface area (Å²) in [7, 11) is 2.13. The summed E-state index contributed by atoms with van der Waals surface area (Å²) in [6.45, 7) is 7.38. The zero-order chi connectivity index (χ0) is 12.4. The highest BCUT2D eigenvalue weighted by Gasteiger charge is 2.30. The Morgan fingerprint density at radius 1 is 1.35 bits per heavy atom. The second-order valence-corrected chi connectivity index (χ2v) is 5.70. The van der Waals surface area contributed by atoms with Crippen LogP contribution in [-0.2, 0) is 13.0 Å². The molecular weight excluding hydrogens is 214 g/mol. The van der Waals surface area contributed by atoms with Crippen LogP contribution >= 0.6 is 0 Å². The van der Waals surface area contributed by atoms with Crippen LogP contribution in [0.3, 0.4) is 0 Å². The summed E-state index contributed by atoms with van der Waals surface area (Å²) < 4.78 is 5.28. The van der Waals surface area contributed by atoms with Crippen LogP contribution in [-0.4, -0.2) is 28.1 Å². The largest absolute Gasteiger partial charge is 0.338 e. The monoisotopic (exact) mass is 237 g/mol. The molecule has 4 heteroatoms. The molecule has 0 aliphatic heterocycles. The van der Waals surface area contributed by atoms with Gasteiger partial charge in [-0.2, -0.15) is 4.98 Å². The van der Waals surface area contributed by atoms with Crippen molar-refractivity contribution in [3.8, 4) is 0 Å². The van der Waals surface area contributed by atoms with Gasteiger partial charge in [0, 0.05) is 12.5 Å². The molecule has 1 aliphatic carbocycles. The predicted octanol–water partition coefficient (Wildman–Crippen LogP) is 2.50. The number of rotatable bonds is 6. The fourth-order valence-electron chi connectivity index (χ4n) is 2.10. The highest BCUT2D eigenvalue weighted by atomic mass is 16.5. The first-order valence-electron chi connectivity index (χ1n) is 6.58. The van der Waals surface area contributed by atoms with Crippen LogP contribution in [0.4, 0.5) is 0 Å². The van der Waals surface area contributed by atoms with E-state index in [0.29, 0.717) is 12.0 Å². The van der Waals surface area contributed by atoms with Crippen molar-refractivity contribution in [1.29, 1.82) is 0 Å². The van der Waals surface area contributed by atoms with E-state index in [-0.39, 0.29) is 0 Å². The van der Waals surface area contributed by atoms with Crippen molar-refractivity contribution in [2.45, 2.75) is 52.6 Å². The van der Waals surface area contributed by atoms with Gasteiger partial charge in [0.1, 0.15) is 0 Å². The van der Waals surface area contributed by atoms with Gasteiger partial charge in [0.25, 0.3) is 0 Å². The van der Waals surface area contributed by atoms with Gasteiger partial charge in [0.2, 0.25) is 5.89 Å². The van der Waals surface area contributed by atoms with E-state index in [0.717, 1.165) is 30.6 Å². The van der Waals surface area contributed by atoms with Crippen LogP contribution in [0, 0.1) is 11.8 Å². The molecule has 0 amide bonds. The highest BCUT2D eigenvalue weighted by Crippen LogP contribution is 2.34. The molecule has 1 heterocycles. The fourth-order valence-corrected chi connectivity index (χ4v) is 2.10. The van der Waals surface area contributed by atoms with Gasteiger partial charge in [-0.25, -0.2) is 0 Å². The lowest BCUT2D eigenvalue weighted by Crippen LogP contribution is -2.30. The van der Waals surface area contributed by atoms with E-state index in [9.17, 15) is 0 Å². The molecule has 0 radical (unpaired) electrons. The first-order chi connectivity index (χ1) is 8.06. The minimum absolute atomic E-state index is 0.573. The Balaban J connectivity index is 1.87. The Morgan fingerprint density at radius 2 is 2.06 bits per heavy atom. The average Bonchev–Trinajstić information content (AvgIpc) is 3.01. The summed E-state index contributed by atoms with van der Waals surface area (Å²) in [5.41, 5.74) is 0. The molecule has 1 atom stereocenters. The van der Waals surface area contributed by atoms with E-state index in [1.54, 1.807) is 0 Å². The van der Waals surface area contributed by atoms with Gasteiger partial charge < -0.3 is 4.52 Å². The molecule has 0 spiro atoms. The number of nitrogens with zero attached hydrogens (tertiary/aromatic N) is 3. The molecule has 2 rings (SSSR count). The summed E-state index contributed by atoms with van der Waals surface area (Å²) in [4.78, 5) is 6.74. The molecule has 1 fully saturated rings. The molecule has 1 aromatic heterocycles. The quantitative estimate of drug-likeness (QED) is 0.762. The van der Waals surface area contributed by atoms with Gasteiger partial charge in [-0.1, -0.05) is 19.0 Å². The first kappa shape index (κ1) is 12.6. The molecule has 1 saturated carbocycles. The van der Waals surface area contributed by atoms with E-state index in [1.807, 2.05) is 0 Å². The molecule has 96 valence electrons. The lowest BCUT2D eigenvalue weighted by atomic mass is 10.1. The second-order valence-electron chi connectivity index (χ2n) is 5.70. The minimum atomic E-state index is 0.573. The van der Waals surface area contributed by atoms with Crippen molar-refractivity contribution in [2.75, 3.05) is 7.05 Å². The smallest absolute Gasteiger partial charge is 0.240 e. The normalized spacial score (nSPS) is 18.0. The standard InChI is InChI=1S/C13H23N3O/c1-9(2)7-12-14-13(17-15-12)8-16(4)10(3)11-5-6-11/h9-11H,5-8H2,1-4H3. The Hall–Kier alpha value is -0.900. The molecule has 4 nitrogen and oxygen atoms in total. The zero-order valence-electron chi connectivity index (χ0n) is 11.3. The van der Waals surface area contributed by atoms with E-state index in [4.69, 9.17) is 4.52 Å². The predicted molar refractivity (Wildman–Crippen MR) is 66.5 cm³/mol. The van der Waals surface area contributed by atoms with E-state index < -0.39 is 0 Å². The molecular formula is C13H23N3O. The van der Waals surface area contributed by atoms with Crippen molar-refractivity contribution in [1.82, 2.24) is 15.0 Å². The third-order valence-electron chi connectivity index (χ3n) is 3.49. The van der Waals surface area contributed by atoms with E-state index >= 15 is 0 Å². The van der Waals surface area contributed by atoms with Gasteiger partial charge in [0.05, 0.1) is 6.54 Å². The van der Waals surface area contributed by atoms with Crippen LogP contribution in [0.25, 0.3) is 0 Å². The molecule has 1 aliphatic rings. The maximum atomic E-state index is 5.28. The van der Waals surface area contributed by atoms with Crippen LogP contribution in [0.5, 0.6) is 0 Å². The first-order valence-corrected chi connectivity index (χ1v) is 6.58. The Morgan fingerprint density at radius 3 is 2.65 bits per heavy atom. The topological polar surface area (TPSA) is 42.2 Å². The Labute approximate surface area is 103 Å². The number of aromatic nitrogens is 2.